The van der Waals surface area contributed by atoms with Crippen LogP contribution in [0.1, 0.15) is 23.4 Å². The fourth-order valence-electron chi connectivity index (χ4n) is 2.54. The van der Waals surface area contributed by atoms with Crippen molar-refractivity contribution >= 4 is 11.6 Å². The third-order valence-corrected chi connectivity index (χ3v) is 3.42. The second kappa shape index (κ2) is 4.88. The van der Waals surface area contributed by atoms with Crippen LogP contribution in [0.25, 0.3) is 0 Å². The maximum Gasteiger partial charge on any atom is 0.233 e. The molecular weight excluding hydrogens is 240 g/mol. The fraction of sp³-hybridized carbons (Fsp3) is 0.333. The smallest absolute Gasteiger partial charge is 0.233 e. The second-order valence-electron chi connectivity index (χ2n) is 4.88. The third kappa shape index (κ3) is 2.38. The summed E-state index contributed by atoms with van der Waals surface area (Å²) in [5, 5.41) is 3.88. The van der Waals surface area contributed by atoms with E-state index >= 15 is 0 Å². The van der Waals surface area contributed by atoms with Gasteiger partial charge in [0.05, 0.1) is 12.1 Å². The van der Waals surface area contributed by atoms with Gasteiger partial charge in [-0.25, -0.2) is 0 Å². The lowest BCUT2D eigenvalue weighted by Crippen LogP contribution is -2.36. The highest BCUT2D eigenvalue weighted by Gasteiger charge is 2.22. The van der Waals surface area contributed by atoms with E-state index in [2.05, 4.69) is 11.2 Å². The number of fused-ring (bicyclic) bond motifs is 1. The summed E-state index contributed by atoms with van der Waals surface area (Å²) in [5.41, 5.74) is 2.99. The Kier molecular flexibility index (Phi) is 3.07. The van der Waals surface area contributed by atoms with E-state index < -0.39 is 0 Å². The van der Waals surface area contributed by atoms with Crippen LogP contribution in [0.4, 0.5) is 5.69 Å². The molecule has 4 nitrogen and oxygen atoms in total. The van der Waals surface area contributed by atoms with Crippen LogP contribution in [0, 0.1) is 6.92 Å². The second-order valence-corrected chi connectivity index (χ2v) is 4.88. The van der Waals surface area contributed by atoms with Gasteiger partial charge in [0.15, 0.2) is 0 Å². The Morgan fingerprint density at radius 2 is 2.26 bits per heavy atom. The summed E-state index contributed by atoms with van der Waals surface area (Å²) in [7, 11) is 0. The SMILES string of the molecule is Cc1cc(CC(=O)N2CCCc3ccccc32)no1. The van der Waals surface area contributed by atoms with Gasteiger partial charge in [-0.05, 0) is 31.4 Å². The summed E-state index contributed by atoms with van der Waals surface area (Å²) in [6, 6.07) is 9.92. The first-order valence-electron chi connectivity index (χ1n) is 6.54. The zero-order chi connectivity index (χ0) is 13.2. The molecule has 0 aliphatic carbocycles. The van der Waals surface area contributed by atoms with E-state index in [1.807, 2.05) is 36.1 Å². The molecule has 4 heteroatoms. The van der Waals surface area contributed by atoms with Gasteiger partial charge in [0.1, 0.15) is 5.76 Å². The average molecular weight is 256 g/mol. The number of hydrogen-bond acceptors (Lipinski definition) is 3. The molecule has 0 saturated carbocycles. The number of anilines is 1. The molecule has 1 aliphatic rings. The lowest BCUT2D eigenvalue weighted by Gasteiger charge is -2.29. The maximum absolute atomic E-state index is 12.4. The molecule has 19 heavy (non-hydrogen) atoms. The number of carbonyl (C=O) groups is 1. The molecule has 1 amide bonds. The number of aryl methyl sites for hydroxylation is 2. The third-order valence-electron chi connectivity index (χ3n) is 3.42. The van der Waals surface area contributed by atoms with Crippen molar-refractivity contribution in [2.24, 2.45) is 0 Å². The van der Waals surface area contributed by atoms with Gasteiger partial charge in [-0.1, -0.05) is 23.4 Å². The molecule has 2 aromatic rings. The summed E-state index contributed by atoms with van der Waals surface area (Å²) in [5.74, 6) is 0.822. The number of nitrogens with zero attached hydrogens (tertiary/aromatic N) is 2. The number of rotatable bonds is 2. The highest BCUT2D eigenvalue weighted by Crippen LogP contribution is 2.27. The molecule has 1 aliphatic heterocycles. The number of carbonyl (C=O) groups excluding carboxylic acids is 1. The number of aromatic nitrogens is 1. The minimum absolute atomic E-state index is 0.0838. The van der Waals surface area contributed by atoms with Crippen molar-refractivity contribution in [3.05, 3.63) is 47.3 Å². The Hall–Kier alpha value is -2.10. The highest BCUT2D eigenvalue weighted by molar-refractivity contribution is 5.95. The van der Waals surface area contributed by atoms with Gasteiger partial charge in [-0.3, -0.25) is 4.79 Å². The van der Waals surface area contributed by atoms with Crippen LogP contribution < -0.4 is 4.90 Å². The molecule has 1 aromatic heterocycles. The molecule has 0 bridgehead atoms. The Bertz CT molecular complexity index is 604. The number of amides is 1. The molecule has 0 N–H and O–H groups in total. The average Bonchev–Trinajstić information content (AvgIpc) is 2.83. The van der Waals surface area contributed by atoms with Crippen molar-refractivity contribution in [3.8, 4) is 0 Å². The lowest BCUT2D eigenvalue weighted by molar-refractivity contribution is -0.118. The summed E-state index contributed by atoms with van der Waals surface area (Å²) in [4.78, 5) is 14.2. The van der Waals surface area contributed by atoms with E-state index in [4.69, 9.17) is 4.52 Å². The van der Waals surface area contributed by atoms with Gasteiger partial charge in [-0.15, -0.1) is 0 Å². The largest absolute Gasteiger partial charge is 0.361 e. The number of para-hydroxylation sites is 1. The minimum atomic E-state index is 0.0838. The summed E-state index contributed by atoms with van der Waals surface area (Å²) in [6.07, 6.45) is 2.36. The van der Waals surface area contributed by atoms with E-state index in [1.165, 1.54) is 5.56 Å². The summed E-state index contributed by atoms with van der Waals surface area (Å²) < 4.78 is 5.00. The Balaban J connectivity index is 1.81. The van der Waals surface area contributed by atoms with Gasteiger partial charge >= 0.3 is 0 Å². The number of hydrogen-bond donors (Lipinski definition) is 0. The molecule has 0 fully saturated rings. The van der Waals surface area contributed by atoms with Crippen LogP contribution in [0.2, 0.25) is 0 Å². The molecule has 0 spiro atoms. The van der Waals surface area contributed by atoms with Crippen LogP contribution >= 0.6 is 0 Å². The van der Waals surface area contributed by atoms with E-state index in [0.29, 0.717) is 12.1 Å². The number of benzene rings is 1. The molecule has 2 heterocycles. The van der Waals surface area contributed by atoms with Gasteiger partial charge in [0, 0.05) is 18.3 Å². The van der Waals surface area contributed by atoms with Crippen LogP contribution in [0.3, 0.4) is 0 Å². The molecule has 1 aromatic carbocycles. The van der Waals surface area contributed by atoms with E-state index in [0.717, 1.165) is 30.8 Å². The fourth-order valence-corrected chi connectivity index (χ4v) is 2.54. The maximum atomic E-state index is 12.4. The lowest BCUT2D eigenvalue weighted by atomic mass is 10.0. The molecule has 0 saturated heterocycles. The van der Waals surface area contributed by atoms with Crippen LogP contribution in [-0.4, -0.2) is 17.6 Å². The van der Waals surface area contributed by atoms with Crippen molar-refractivity contribution in [2.75, 3.05) is 11.4 Å². The van der Waals surface area contributed by atoms with Crippen molar-refractivity contribution in [1.29, 1.82) is 0 Å². The Morgan fingerprint density at radius 3 is 3.05 bits per heavy atom. The zero-order valence-corrected chi connectivity index (χ0v) is 10.9. The van der Waals surface area contributed by atoms with Gasteiger partial charge in [0.25, 0.3) is 0 Å². The highest BCUT2D eigenvalue weighted by atomic mass is 16.5. The molecule has 0 unspecified atom stereocenters. The van der Waals surface area contributed by atoms with Crippen LogP contribution in [0.15, 0.2) is 34.9 Å². The Morgan fingerprint density at radius 1 is 1.42 bits per heavy atom. The van der Waals surface area contributed by atoms with Crippen molar-refractivity contribution in [1.82, 2.24) is 5.16 Å². The Labute approximate surface area is 112 Å². The molecule has 0 atom stereocenters. The first-order chi connectivity index (χ1) is 9.24. The van der Waals surface area contributed by atoms with Crippen LogP contribution in [0.5, 0.6) is 0 Å². The predicted molar refractivity (Wildman–Crippen MR) is 72.1 cm³/mol. The van der Waals surface area contributed by atoms with Gasteiger partial charge < -0.3 is 9.42 Å². The van der Waals surface area contributed by atoms with Gasteiger partial charge in [0.2, 0.25) is 5.91 Å². The molecule has 0 radical (unpaired) electrons. The summed E-state index contributed by atoms with van der Waals surface area (Å²) >= 11 is 0. The minimum Gasteiger partial charge on any atom is -0.361 e. The van der Waals surface area contributed by atoms with Gasteiger partial charge in [-0.2, -0.15) is 0 Å². The monoisotopic (exact) mass is 256 g/mol. The summed E-state index contributed by atoms with van der Waals surface area (Å²) in [6.45, 7) is 2.61. The normalized spacial score (nSPS) is 14.3. The molecule has 3 rings (SSSR count). The standard InChI is InChI=1S/C15H16N2O2/c1-11-9-13(16-19-11)10-15(18)17-8-4-6-12-5-2-3-7-14(12)17/h2-3,5,7,9H,4,6,8,10H2,1H3. The first kappa shape index (κ1) is 12.0. The van der Waals surface area contributed by atoms with Crippen LogP contribution in [-0.2, 0) is 17.6 Å². The van der Waals surface area contributed by atoms with E-state index in [-0.39, 0.29) is 5.91 Å². The zero-order valence-electron chi connectivity index (χ0n) is 10.9. The first-order valence-corrected chi connectivity index (χ1v) is 6.54. The topological polar surface area (TPSA) is 46.3 Å². The molecule has 98 valence electrons. The predicted octanol–water partition coefficient (Wildman–Crippen LogP) is 2.50. The quantitative estimate of drug-likeness (QED) is 0.829. The van der Waals surface area contributed by atoms with Crippen molar-refractivity contribution in [2.45, 2.75) is 26.2 Å². The van der Waals surface area contributed by atoms with Crippen molar-refractivity contribution in [3.63, 3.8) is 0 Å². The molecular formula is C15H16N2O2. The van der Waals surface area contributed by atoms with E-state index in [1.54, 1.807) is 0 Å². The van der Waals surface area contributed by atoms with Crippen molar-refractivity contribution < 1.29 is 9.32 Å². The van der Waals surface area contributed by atoms with E-state index in [9.17, 15) is 4.79 Å².